The van der Waals surface area contributed by atoms with Crippen molar-refractivity contribution in [2.45, 2.75) is 6.92 Å². The maximum absolute atomic E-state index is 13.4. The number of carbonyl (C=O) groups is 1. The highest BCUT2D eigenvalue weighted by Crippen LogP contribution is 2.14. The number of carbonyl (C=O) groups excluding carboxylic acids is 1. The van der Waals surface area contributed by atoms with Crippen molar-refractivity contribution in [2.24, 2.45) is 0 Å². The SMILES string of the molecule is C=CCN(CC)C(=O)c1cc(N)ccc1F. The van der Waals surface area contributed by atoms with Gasteiger partial charge in [0.15, 0.2) is 0 Å². The molecule has 0 atom stereocenters. The van der Waals surface area contributed by atoms with Crippen LogP contribution in [0.4, 0.5) is 10.1 Å². The Morgan fingerprint density at radius 3 is 2.88 bits per heavy atom. The van der Waals surface area contributed by atoms with Gasteiger partial charge in [0.2, 0.25) is 0 Å². The molecular formula is C12H15FN2O. The molecule has 1 amide bonds. The molecular weight excluding hydrogens is 207 g/mol. The van der Waals surface area contributed by atoms with Crippen LogP contribution in [0.1, 0.15) is 17.3 Å². The molecule has 0 heterocycles. The first kappa shape index (κ1) is 12.2. The lowest BCUT2D eigenvalue weighted by molar-refractivity contribution is 0.0777. The van der Waals surface area contributed by atoms with E-state index in [1.54, 1.807) is 6.08 Å². The number of nitrogen functional groups attached to an aromatic ring is 1. The molecule has 0 saturated heterocycles. The summed E-state index contributed by atoms with van der Waals surface area (Å²) in [5, 5.41) is 0. The summed E-state index contributed by atoms with van der Waals surface area (Å²) in [5.74, 6) is -0.922. The van der Waals surface area contributed by atoms with E-state index in [0.717, 1.165) is 0 Å². The van der Waals surface area contributed by atoms with Crippen molar-refractivity contribution < 1.29 is 9.18 Å². The Labute approximate surface area is 94.4 Å². The highest BCUT2D eigenvalue weighted by atomic mass is 19.1. The summed E-state index contributed by atoms with van der Waals surface area (Å²) in [6.07, 6.45) is 1.60. The van der Waals surface area contributed by atoms with E-state index in [1.165, 1.54) is 23.1 Å². The number of halogens is 1. The van der Waals surface area contributed by atoms with Crippen LogP contribution in [0.3, 0.4) is 0 Å². The predicted molar refractivity (Wildman–Crippen MR) is 62.6 cm³/mol. The number of anilines is 1. The largest absolute Gasteiger partial charge is 0.399 e. The van der Waals surface area contributed by atoms with Gasteiger partial charge in [0.1, 0.15) is 5.82 Å². The van der Waals surface area contributed by atoms with Crippen LogP contribution in [0.15, 0.2) is 30.9 Å². The van der Waals surface area contributed by atoms with E-state index in [9.17, 15) is 9.18 Å². The fourth-order valence-corrected chi connectivity index (χ4v) is 1.39. The number of likely N-dealkylation sites (N-methyl/N-ethyl adjacent to an activating group) is 1. The van der Waals surface area contributed by atoms with Gasteiger partial charge in [-0.2, -0.15) is 0 Å². The van der Waals surface area contributed by atoms with Gasteiger partial charge in [0.25, 0.3) is 5.91 Å². The Morgan fingerprint density at radius 1 is 1.62 bits per heavy atom. The molecule has 0 fully saturated rings. The molecule has 0 aliphatic rings. The molecule has 0 unspecified atom stereocenters. The summed E-state index contributed by atoms with van der Waals surface area (Å²) in [6.45, 7) is 6.27. The standard InChI is InChI=1S/C12H15FN2O/c1-3-7-15(4-2)12(16)10-8-9(14)5-6-11(10)13/h3,5-6,8H,1,4,7,14H2,2H3. The first-order valence-electron chi connectivity index (χ1n) is 5.05. The molecule has 0 spiro atoms. The summed E-state index contributed by atoms with van der Waals surface area (Å²) >= 11 is 0. The third-order valence-electron chi connectivity index (χ3n) is 2.24. The van der Waals surface area contributed by atoms with Crippen LogP contribution < -0.4 is 5.73 Å². The second-order valence-corrected chi connectivity index (χ2v) is 3.37. The average Bonchev–Trinajstić information content (AvgIpc) is 2.28. The van der Waals surface area contributed by atoms with Gasteiger partial charge >= 0.3 is 0 Å². The summed E-state index contributed by atoms with van der Waals surface area (Å²) in [7, 11) is 0. The minimum atomic E-state index is -0.554. The Balaban J connectivity index is 3.02. The molecule has 0 aliphatic carbocycles. The monoisotopic (exact) mass is 222 g/mol. The molecule has 0 saturated carbocycles. The second kappa shape index (κ2) is 5.30. The molecule has 16 heavy (non-hydrogen) atoms. The quantitative estimate of drug-likeness (QED) is 0.626. The lowest BCUT2D eigenvalue weighted by Crippen LogP contribution is -2.31. The summed E-state index contributed by atoms with van der Waals surface area (Å²) in [6, 6.07) is 3.98. The summed E-state index contributed by atoms with van der Waals surface area (Å²) in [5.41, 5.74) is 5.90. The number of nitrogens with two attached hydrogens (primary N) is 1. The molecule has 86 valence electrons. The number of rotatable bonds is 4. The minimum Gasteiger partial charge on any atom is -0.399 e. The number of nitrogens with zero attached hydrogens (tertiary/aromatic N) is 1. The zero-order valence-electron chi connectivity index (χ0n) is 9.24. The van der Waals surface area contributed by atoms with E-state index >= 15 is 0 Å². The van der Waals surface area contributed by atoms with Crippen molar-refractivity contribution in [3.63, 3.8) is 0 Å². The first-order valence-corrected chi connectivity index (χ1v) is 5.05. The molecule has 0 bridgehead atoms. The van der Waals surface area contributed by atoms with Gasteiger partial charge in [0, 0.05) is 18.8 Å². The number of hydrogen-bond acceptors (Lipinski definition) is 2. The zero-order chi connectivity index (χ0) is 12.1. The van der Waals surface area contributed by atoms with Crippen molar-refractivity contribution in [3.8, 4) is 0 Å². The minimum absolute atomic E-state index is 0.00343. The van der Waals surface area contributed by atoms with Crippen LogP contribution in [0, 0.1) is 5.82 Å². The van der Waals surface area contributed by atoms with Crippen molar-refractivity contribution in [1.82, 2.24) is 4.90 Å². The molecule has 2 N–H and O–H groups in total. The molecule has 1 aromatic carbocycles. The molecule has 3 nitrogen and oxygen atoms in total. The van der Waals surface area contributed by atoms with Crippen LogP contribution in [0.2, 0.25) is 0 Å². The van der Waals surface area contributed by atoms with Crippen LogP contribution in [0.5, 0.6) is 0 Å². The van der Waals surface area contributed by atoms with E-state index in [2.05, 4.69) is 6.58 Å². The van der Waals surface area contributed by atoms with Gasteiger partial charge in [0.05, 0.1) is 5.56 Å². The smallest absolute Gasteiger partial charge is 0.257 e. The van der Waals surface area contributed by atoms with E-state index in [-0.39, 0.29) is 11.5 Å². The van der Waals surface area contributed by atoms with Crippen LogP contribution in [-0.2, 0) is 0 Å². The molecule has 0 aliphatic heterocycles. The molecule has 0 radical (unpaired) electrons. The van der Waals surface area contributed by atoms with Gasteiger partial charge in [-0.05, 0) is 25.1 Å². The van der Waals surface area contributed by atoms with E-state index in [0.29, 0.717) is 18.8 Å². The van der Waals surface area contributed by atoms with Gasteiger partial charge < -0.3 is 10.6 Å². The van der Waals surface area contributed by atoms with Gasteiger partial charge in [-0.15, -0.1) is 6.58 Å². The summed E-state index contributed by atoms with van der Waals surface area (Å²) in [4.78, 5) is 13.4. The van der Waals surface area contributed by atoms with E-state index in [1.807, 2.05) is 6.92 Å². The maximum atomic E-state index is 13.4. The third-order valence-corrected chi connectivity index (χ3v) is 2.24. The van der Waals surface area contributed by atoms with Gasteiger partial charge in [-0.1, -0.05) is 6.08 Å². The fourth-order valence-electron chi connectivity index (χ4n) is 1.39. The Hall–Kier alpha value is -1.84. The Kier molecular flexibility index (Phi) is 4.05. The number of hydrogen-bond donors (Lipinski definition) is 1. The van der Waals surface area contributed by atoms with Crippen molar-refractivity contribution in [1.29, 1.82) is 0 Å². The van der Waals surface area contributed by atoms with Crippen molar-refractivity contribution in [3.05, 3.63) is 42.2 Å². The molecule has 0 aromatic heterocycles. The number of amides is 1. The predicted octanol–water partition coefficient (Wildman–Crippen LogP) is 2.06. The fraction of sp³-hybridized carbons (Fsp3) is 0.250. The normalized spacial score (nSPS) is 9.88. The topological polar surface area (TPSA) is 46.3 Å². The Bertz CT molecular complexity index is 404. The molecule has 1 aromatic rings. The number of benzene rings is 1. The Morgan fingerprint density at radius 2 is 2.31 bits per heavy atom. The van der Waals surface area contributed by atoms with Crippen LogP contribution in [0.25, 0.3) is 0 Å². The third kappa shape index (κ3) is 2.59. The van der Waals surface area contributed by atoms with Crippen LogP contribution in [-0.4, -0.2) is 23.9 Å². The molecule has 4 heteroatoms. The zero-order valence-corrected chi connectivity index (χ0v) is 9.24. The van der Waals surface area contributed by atoms with Crippen molar-refractivity contribution >= 4 is 11.6 Å². The van der Waals surface area contributed by atoms with Crippen LogP contribution >= 0.6 is 0 Å². The lowest BCUT2D eigenvalue weighted by atomic mass is 10.1. The molecule has 1 rings (SSSR count). The maximum Gasteiger partial charge on any atom is 0.257 e. The van der Waals surface area contributed by atoms with E-state index < -0.39 is 5.82 Å². The first-order chi connectivity index (χ1) is 7.60. The highest BCUT2D eigenvalue weighted by molar-refractivity contribution is 5.95. The lowest BCUT2D eigenvalue weighted by Gasteiger charge is -2.19. The summed E-state index contributed by atoms with van der Waals surface area (Å²) < 4.78 is 13.4. The van der Waals surface area contributed by atoms with Gasteiger partial charge in [-0.3, -0.25) is 4.79 Å². The van der Waals surface area contributed by atoms with E-state index in [4.69, 9.17) is 5.73 Å². The van der Waals surface area contributed by atoms with Gasteiger partial charge in [-0.25, -0.2) is 4.39 Å². The van der Waals surface area contributed by atoms with Crippen molar-refractivity contribution in [2.75, 3.05) is 18.8 Å². The average molecular weight is 222 g/mol. The highest BCUT2D eigenvalue weighted by Gasteiger charge is 2.17. The second-order valence-electron chi connectivity index (χ2n) is 3.37.